The number of aryl methyl sites for hydroxylation is 1. The molecule has 1 saturated heterocycles. The van der Waals surface area contributed by atoms with E-state index in [1.165, 1.54) is 0 Å². The van der Waals surface area contributed by atoms with Crippen molar-refractivity contribution in [2.24, 2.45) is 5.92 Å². The van der Waals surface area contributed by atoms with Crippen LogP contribution in [-0.2, 0) is 16.0 Å². The van der Waals surface area contributed by atoms with Gasteiger partial charge in [-0.3, -0.25) is 9.59 Å². The molecule has 1 amide bonds. The van der Waals surface area contributed by atoms with Crippen LogP contribution in [-0.4, -0.2) is 35.0 Å². The normalized spacial score (nSPS) is 17.6. The predicted octanol–water partition coefficient (Wildman–Crippen LogP) is 2.63. The Bertz CT molecular complexity index is 476. The number of amides is 1. The van der Waals surface area contributed by atoms with Gasteiger partial charge in [0.25, 0.3) is 0 Å². The van der Waals surface area contributed by atoms with Crippen LogP contribution in [0.4, 0.5) is 0 Å². The van der Waals surface area contributed by atoms with E-state index in [4.69, 9.17) is 16.7 Å². The van der Waals surface area contributed by atoms with Gasteiger partial charge in [0.1, 0.15) is 0 Å². The van der Waals surface area contributed by atoms with Crippen molar-refractivity contribution in [2.45, 2.75) is 19.3 Å². The van der Waals surface area contributed by atoms with E-state index >= 15 is 0 Å². The van der Waals surface area contributed by atoms with Gasteiger partial charge in [-0.05, 0) is 30.5 Å². The summed E-state index contributed by atoms with van der Waals surface area (Å²) in [5, 5.41) is 9.58. The zero-order valence-corrected chi connectivity index (χ0v) is 12.5. The van der Waals surface area contributed by atoms with E-state index in [-0.39, 0.29) is 18.3 Å². The highest BCUT2D eigenvalue weighted by Crippen LogP contribution is 2.18. The topological polar surface area (TPSA) is 57.6 Å². The van der Waals surface area contributed by atoms with Crippen LogP contribution in [0.5, 0.6) is 0 Å². The van der Waals surface area contributed by atoms with Crippen LogP contribution in [0.1, 0.15) is 18.4 Å². The molecule has 1 aromatic rings. The maximum atomic E-state index is 12.0. The summed E-state index contributed by atoms with van der Waals surface area (Å²) >= 11 is 5.79. The molecular formula is C14H17Cl2NO3. The van der Waals surface area contributed by atoms with E-state index in [1.54, 1.807) is 17.0 Å². The number of nitrogens with zero attached hydrogens (tertiary/aromatic N) is 1. The van der Waals surface area contributed by atoms with E-state index in [9.17, 15) is 9.59 Å². The largest absolute Gasteiger partial charge is 0.481 e. The van der Waals surface area contributed by atoms with Crippen LogP contribution in [0.3, 0.4) is 0 Å². The lowest BCUT2D eigenvalue weighted by Crippen LogP contribution is -2.30. The Balaban J connectivity index is 0.00000200. The van der Waals surface area contributed by atoms with Gasteiger partial charge in [0.05, 0.1) is 5.92 Å². The first-order valence-electron chi connectivity index (χ1n) is 6.31. The molecule has 1 fully saturated rings. The molecule has 1 atom stereocenters. The molecule has 1 heterocycles. The average molecular weight is 318 g/mol. The van der Waals surface area contributed by atoms with Crippen molar-refractivity contribution < 1.29 is 14.7 Å². The van der Waals surface area contributed by atoms with Crippen molar-refractivity contribution in [3.8, 4) is 0 Å². The van der Waals surface area contributed by atoms with Crippen molar-refractivity contribution in [3.63, 3.8) is 0 Å². The van der Waals surface area contributed by atoms with Crippen molar-refractivity contribution in [1.29, 1.82) is 0 Å². The maximum absolute atomic E-state index is 12.0. The van der Waals surface area contributed by atoms with Crippen molar-refractivity contribution >= 4 is 35.9 Å². The third kappa shape index (κ3) is 4.39. The average Bonchev–Trinajstić information content (AvgIpc) is 2.87. The Hall–Kier alpha value is -1.26. The van der Waals surface area contributed by atoms with Crippen molar-refractivity contribution in [1.82, 2.24) is 4.90 Å². The smallest absolute Gasteiger partial charge is 0.308 e. The molecule has 0 bridgehead atoms. The minimum absolute atomic E-state index is 0. The van der Waals surface area contributed by atoms with Crippen LogP contribution < -0.4 is 0 Å². The number of halogens is 2. The van der Waals surface area contributed by atoms with Crippen molar-refractivity contribution in [3.05, 3.63) is 34.9 Å². The Morgan fingerprint density at radius 2 is 1.95 bits per heavy atom. The summed E-state index contributed by atoms with van der Waals surface area (Å²) in [5.74, 6) is -1.19. The summed E-state index contributed by atoms with van der Waals surface area (Å²) in [6.07, 6.45) is 1.63. The second kappa shape index (κ2) is 7.50. The lowest BCUT2D eigenvalue weighted by Gasteiger charge is -2.15. The number of carbonyl (C=O) groups excluding carboxylic acids is 1. The molecule has 20 heavy (non-hydrogen) atoms. The Morgan fingerprint density at radius 3 is 2.50 bits per heavy atom. The molecule has 1 aliphatic rings. The SMILES string of the molecule is Cl.O=C(O)C1CCN(C(=O)CCc2ccc(Cl)cc2)C1. The van der Waals surface area contributed by atoms with E-state index in [1.807, 2.05) is 12.1 Å². The quantitative estimate of drug-likeness (QED) is 0.928. The molecule has 1 unspecified atom stereocenters. The number of hydrogen-bond donors (Lipinski definition) is 1. The van der Waals surface area contributed by atoms with Gasteiger partial charge in [0, 0.05) is 24.5 Å². The van der Waals surface area contributed by atoms with Gasteiger partial charge < -0.3 is 10.0 Å². The van der Waals surface area contributed by atoms with Gasteiger partial charge in [0.2, 0.25) is 5.91 Å². The monoisotopic (exact) mass is 317 g/mol. The molecule has 1 aliphatic heterocycles. The van der Waals surface area contributed by atoms with Crippen LogP contribution in [0.2, 0.25) is 5.02 Å². The molecule has 0 aromatic heterocycles. The molecule has 6 heteroatoms. The van der Waals surface area contributed by atoms with Gasteiger partial charge in [-0.1, -0.05) is 23.7 Å². The fraction of sp³-hybridized carbons (Fsp3) is 0.429. The first-order valence-corrected chi connectivity index (χ1v) is 6.69. The third-order valence-corrected chi connectivity index (χ3v) is 3.68. The number of benzene rings is 1. The summed E-state index contributed by atoms with van der Waals surface area (Å²) in [6, 6.07) is 7.41. The highest BCUT2D eigenvalue weighted by Gasteiger charge is 2.30. The third-order valence-electron chi connectivity index (χ3n) is 3.43. The zero-order chi connectivity index (χ0) is 13.8. The molecule has 1 N–H and O–H groups in total. The highest BCUT2D eigenvalue weighted by atomic mass is 35.5. The molecule has 0 radical (unpaired) electrons. The van der Waals surface area contributed by atoms with Gasteiger partial charge in [0.15, 0.2) is 0 Å². The first kappa shape index (κ1) is 16.8. The van der Waals surface area contributed by atoms with Gasteiger partial charge in [-0.2, -0.15) is 0 Å². The van der Waals surface area contributed by atoms with Gasteiger partial charge in [-0.15, -0.1) is 12.4 Å². The van der Waals surface area contributed by atoms with Crippen LogP contribution in [0.25, 0.3) is 0 Å². The minimum Gasteiger partial charge on any atom is -0.481 e. The fourth-order valence-electron chi connectivity index (χ4n) is 2.25. The number of aliphatic carboxylic acids is 1. The van der Waals surface area contributed by atoms with E-state index < -0.39 is 11.9 Å². The van der Waals surface area contributed by atoms with Gasteiger partial charge >= 0.3 is 5.97 Å². The molecule has 0 spiro atoms. The van der Waals surface area contributed by atoms with E-state index in [0.717, 1.165) is 5.56 Å². The number of rotatable bonds is 4. The highest BCUT2D eigenvalue weighted by molar-refractivity contribution is 6.30. The summed E-state index contributed by atoms with van der Waals surface area (Å²) in [4.78, 5) is 24.4. The Labute approximate surface area is 129 Å². The molecule has 0 aliphatic carbocycles. The number of carboxylic acids is 1. The van der Waals surface area contributed by atoms with Crippen LogP contribution in [0, 0.1) is 5.92 Å². The Morgan fingerprint density at radius 1 is 1.30 bits per heavy atom. The zero-order valence-electron chi connectivity index (χ0n) is 10.9. The second-order valence-electron chi connectivity index (χ2n) is 4.79. The molecular weight excluding hydrogens is 301 g/mol. The van der Waals surface area contributed by atoms with Crippen LogP contribution >= 0.6 is 24.0 Å². The second-order valence-corrected chi connectivity index (χ2v) is 5.23. The summed E-state index contributed by atoms with van der Waals surface area (Å²) in [6.45, 7) is 0.894. The number of likely N-dealkylation sites (tertiary alicyclic amines) is 1. The van der Waals surface area contributed by atoms with Crippen LogP contribution in [0.15, 0.2) is 24.3 Å². The molecule has 0 saturated carbocycles. The molecule has 1 aromatic carbocycles. The standard InChI is InChI=1S/C14H16ClNO3.ClH/c15-12-4-1-10(2-5-12)3-6-13(17)16-8-7-11(9-16)14(18)19;/h1-2,4-5,11H,3,6-9H2,(H,18,19);1H. The summed E-state index contributed by atoms with van der Waals surface area (Å²) in [7, 11) is 0. The maximum Gasteiger partial charge on any atom is 0.308 e. The van der Waals surface area contributed by atoms with Crippen molar-refractivity contribution in [2.75, 3.05) is 13.1 Å². The number of carboxylic acid groups (broad SMARTS) is 1. The minimum atomic E-state index is -0.812. The molecule has 2 rings (SSSR count). The molecule has 110 valence electrons. The lowest BCUT2D eigenvalue weighted by atomic mass is 10.1. The number of hydrogen-bond acceptors (Lipinski definition) is 2. The lowest BCUT2D eigenvalue weighted by molar-refractivity contribution is -0.141. The van der Waals surface area contributed by atoms with E-state index in [0.29, 0.717) is 37.4 Å². The molecule has 4 nitrogen and oxygen atoms in total. The van der Waals surface area contributed by atoms with Gasteiger partial charge in [-0.25, -0.2) is 0 Å². The summed E-state index contributed by atoms with van der Waals surface area (Å²) in [5.41, 5.74) is 1.06. The predicted molar refractivity (Wildman–Crippen MR) is 79.3 cm³/mol. The number of carbonyl (C=O) groups is 2. The fourth-order valence-corrected chi connectivity index (χ4v) is 2.37. The first-order chi connectivity index (χ1) is 9.06. The van der Waals surface area contributed by atoms with E-state index in [2.05, 4.69) is 0 Å². The Kier molecular flexibility index (Phi) is 6.30. The summed E-state index contributed by atoms with van der Waals surface area (Å²) < 4.78 is 0.